The van der Waals surface area contributed by atoms with Gasteiger partial charge in [-0.1, -0.05) is 22.9 Å². The Balaban J connectivity index is 2.11. The minimum Gasteiger partial charge on any atom is -0.336 e. The second-order valence-corrected chi connectivity index (χ2v) is 6.49. The second kappa shape index (κ2) is 7.23. The molecule has 110 valence electrons. The van der Waals surface area contributed by atoms with Gasteiger partial charge >= 0.3 is 0 Å². The Morgan fingerprint density at radius 3 is 2.40 bits per heavy atom. The Morgan fingerprint density at radius 1 is 1.25 bits per heavy atom. The van der Waals surface area contributed by atoms with Gasteiger partial charge in [-0.2, -0.15) is 0 Å². The maximum atomic E-state index is 12.7. The van der Waals surface area contributed by atoms with Crippen molar-refractivity contribution in [3.05, 3.63) is 34.3 Å². The lowest BCUT2D eigenvalue weighted by Crippen LogP contribution is -2.44. The van der Waals surface area contributed by atoms with E-state index in [9.17, 15) is 4.79 Å². The summed E-state index contributed by atoms with van der Waals surface area (Å²) in [6.45, 7) is 2.95. The first-order chi connectivity index (χ1) is 9.61. The molecule has 0 saturated heterocycles. The van der Waals surface area contributed by atoms with Crippen molar-refractivity contribution >= 4 is 21.8 Å². The Morgan fingerprint density at radius 2 is 1.85 bits per heavy atom. The summed E-state index contributed by atoms with van der Waals surface area (Å²) in [5.41, 5.74) is 6.74. The average Bonchev–Trinajstić information content (AvgIpc) is 2.46. The van der Waals surface area contributed by atoms with Crippen molar-refractivity contribution in [2.24, 2.45) is 5.73 Å². The number of hydrogen-bond donors (Lipinski definition) is 1. The van der Waals surface area contributed by atoms with Crippen LogP contribution in [0, 0.1) is 0 Å². The highest BCUT2D eigenvalue weighted by molar-refractivity contribution is 9.10. The third-order valence-corrected chi connectivity index (χ3v) is 4.53. The van der Waals surface area contributed by atoms with Crippen molar-refractivity contribution in [1.29, 1.82) is 0 Å². The van der Waals surface area contributed by atoms with Crippen LogP contribution in [0.5, 0.6) is 0 Å². The van der Waals surface area contributed by atoms with Gasteiger partial charge in [0.15, 0.2) is 0 Å². The van der Waals surface area contributed by atoms with E-state index in [4.69, 9.17) is 5.73 Å². The summed E-state index contributed by atoms with van der Waals surface area (Å²) in [5, 5.41) is 0. The van der Waals surface area contributed by atoms with Crippen LogP contribution in [0.25, 0.3) is 0 Å². The van der Waals surface area contributed by atoms with E-state index in [2.05, 4.69) is 27.8 Å². The molecule has 1 amide bonds. The molecule has 0 atom stereocenters. The highest BCUT2D eigenvalue weighted by Gasteiger charge is 2.27. The summed E-state index contributed by atoms with van der Waals surface area (Å²) >= 11 is 3.41. The number of nitrogens with two attached hydrogens (primary N) is 1. The fraction of sp³-hybridized carbons (Fsp3) is 0.562. The van der Waals surface area contributed by atoms with Crippen molar-refractivity contribution in [3.63, 3.8) is 0 Å². The van der Waals surface area contributed by atoms with E-state index in [1.165, 1.54) is 0 Å². The number of nitrogens with zero attached hydrogens (tertiary/aromatic N) is 1. The van der Waals surface area contributed by atoms with Gasteiger partial charge in [-0.3, -0.25) is 4.79 Å². The molecule has 1 aromatic rings. The Hall–Kier alpha value is -0.870. The van der Waals surface area contributed by atoms with Gasteiger partial charge in [0, 0.05) is 28.7 Å². The van der Waals surface area contributed by atoms with E-state index in [1.807, 2.05) is 24.3 Å². The number of carbonyl (C=O) groups excluding carboxylic acids is 1. The van der Waals surface area contributed by atoms with Gasteiger partial charge < -0.3 is 10.6 Å². The SMILES string of the molecule is CCCN(C(=O)c1ccc(Br)cc1)C1CCC(N)CC1. The van der Waals surface area contributed by atoms with E-state index >= 15 is 0 Å². The molecule has 0 radical (unpaired) electrons. The number of benzene rings is 1. The lowest BCUT2D eigenvalue weighted by atomic mass is 9.90. The number of carbonyl (C=O) groups is 1. The maximum absolute atomic E-state index is 12.7. The van der Waals surface area contributed by atoms with Crippen LogP contribution in [-0.4, -0.2) is 29.4 Å². The summed E-state index contributed by atoms with van der Waals surface area (Å²) in [5.74, 6) is 0.153. The van der Waals surface area contributed by atoms with Crippen LogP contribution in [0.1, 0.15) is 49.4 Å². The molecular formula is C16H23BrN2O. The van der Waals surface area contributed by atoms with Crippen molar-refractivity contribution in [1.82, 2.24) is 4.90 Å². The lowest BCUT2D eigenvalue weighted by Gasteiger charge is -2.36. The Labute approximate surface area is 129 Å². The summed E-state index contributed by atoms with van der Waals surface area (Å²) < 4.78 is 1.000. The number of halogens is 1. The fourth-order valence-electron chi connectivity index (χ4n) is 2.86. The van der Waals surface area contributed by atoms with Gasteiger partial charge in [-0.25, -0.2) is 0 Å². The van der Waals surface area contributed by atoms with Crippen LogP contribution >= 0.6 is 15.9 Å². The predicted octanol–water partition coefficient (Wildman–Crippen LogP) is 3.57. The molecule has 0 aromatic heterocycles. The molecular weight excluding hydrogens is 316 g/mol. The monoisotopic (exact) mass is 338 g/mol. The highest BCUT2D eigenvalue weighted by Crippen LogP contribution is 2.24. The van der Waals surface area contributed by atoms with Crippen LogP contribution in [0.2, 0.25) is 0 Å². The molecule has 0 spiro atoms. The lowest BCUT2D eigenvalue weighted by molar-refractivity contribution is 0.0626. The third kappa shape index (κ3) is 3.83. The summed E-state index contributed by atoms with van der Waals surface area (Å²) in [7, 11) is 0. The molecule has 3 nitrogen and oxygen atoms in total. The molecule has 1 saturated carbocycles. The first-order valence-electron chi connectivity index (χ1n) is 7.44. The standard InChI is InChI=1S/C16H23BrN2O/c1-2-11-19(15-9-7-14(18)8-10-15)16(20)12-3-5-13(17)6-4-12/h3-6,14-15H,2,7-11,18H2,1H3. The van der Waals surface area contributed by atoms with Gasteiger partial charge in [-0.15, -0.1) is 0 Å². The zero-order chi connectivity index (χ0) is 14.5. The van der Waals surface area contributed by atoms with Crippen molar-refractivity contribution in [2.75, 3.05) is 6.54 Å². The summed E-state index contributed by atoms with van der Waals surface area (Å²) in [6.07, 6.45) is 5.11. The zero-order valence-electron chi connectivity index (χ0n) is 12.0. The van der Waals surface area contributed by atoms with Crippen LogP contribution < -0.4 is 5.73 Å². The molecule has 0 unspecified atom stereocenters. The third-order valence-electron chi connectivity index (χ3n) is 4.00. The quantitative estimate of drug-likeness (QED) is 0.912. The Kier molecular flexibility index (Phi) is 5.61. The molecule has 2 N–H and O–H groups in total. The van der Waals surface area contributed by atoms with E-state index in [1.54, 1.807) is 0 Å². The largest absolute Gasteiger partial charge is 0.336 e. The van der Waals surface area contributed by atoms with Gasteiger partial charge in [0.2, 0.25) is 0 Å². The van der Waals surface area contributed by atoms with E-state index in [-0.39, 0.29) is 5.91 Å². The van der Waals surface area contributed by atoms with E-state index < -0.39 is 0 Å². The van der Waals surface area contributed by atoms with Crippen LogP contribution in [0.4, 0.5) is 0 Å². The zero-order valence-corrected chi connectivity index (χ0v) is 13.6. The predicted molar refractivity (Wildman–Crippen MR) is 85.7 cm³/mol. The maximum Gasteiger partial charge on any atom is 0.254 e. The van der Waals surface area contributed by atoms with E-state index in [0.29, 0.717) is 12.1 Å². The van der Waals surface area contributed by atoms with Gasteiger partial charge in [-0.05, 0) is 56.4 Å². The number of rotatable bonds is 4. The van der Waals surface area contributed by atoms with Gasteiger partial charge in [0.1, 0.15) is 0 Å². The minimum absolute atomic E-state index is 0.153. The first-order valence-corrected chi connectivity index (χ1v) is 8.23. The average molecular weight is 339 g/mol. The molecule has 4 heteroatoms. The van der Waals surface area contributed by atoms with Crippen LogP contribution in [0.15, 0.2) is 28.7 Å². The minimum atomic E-state index is 0.153. The molecule has 0 heterocycles. The number of amides is 1. The van der Waals surface area contributed by atoms with E-state index in [0.717, 1.165) is 48.7 Å². The molecule has 20 heavy (non-hydrogen) atoms. The molecule has 1 aliphatic carbocycles. The second-order valence-electron chi connectivity index (χ2n) is 5.57. The molecule has 0 aliphatic heterocycles. The van der Waals surface area contributed by atoms with Crippen molar-refractivity contribution < 1.29 is 4.79 Å². The van der Waals surface area contributed by atoms with Crippen molar-refractivity contribution in [2.45, 2.75) is 51.1 Å². The molecule has 0 bridgehead atoms. The molecule has 2 rings (SSSR count). The topological polar surface area (TPSA) is 46.3 Å². The fourth-order valence-corrected chi connectivity index (χ4v) is 3.13. The number of hydrogen-bond acceptors (Lipinski definition) is 2. The first kappa shape index (κ1) is 15.5. The van der Waals surface area contributed by atoms with Crippen molar-refractivity contribution in [3.8, 4) is 0 Å². The van der Waals surface area contributed by atoms with Crippen LogP contribution in [-0.2, 0) is 0 Å². The summed E-state index contributed by atoms with van der Waals surface area (Å²) in [6, 6.07) is 8.30. The highest BCUT2D eigenvalue weighted by atomic mass is 79.9. The van der Waals surface area contributed by atoms with Crippen LogP contribution in [0.3, 0.4) is 0 Å². The molecule has 1 aliphatic rings. The molecule has 1 fully saturated rings. The Bertz CT molecular complexity index is 438. The summed E-state index contributed by atoms with van der Waals surface area (Å²) in [4.78, 5) is 14.8. The normalized spacial score (nSPS) is 22.6. The smallest absolute Gasteiger partial charge is 0.254 e. The van der Waals surface area contributed by atoms with Gasteiger partial charge in [0.05, 0.1) is 0 Å². The van der Waals surface area contributed by atoms with Gasteiger partial charge in [0.25, 0.3) is 5.91 Å². The molecule has 1 aromatic carbocycles.